The Hall–Kier alpha value is -3.58. The summed E-state index contributed by atoms with van der Waals surface area (Å²) >= 11 is 1.62. The van der Waals surface area contributed by atoms with Gasteiger partial charge in [0.15, 0.2) is 11.5 Å². The van der Waals surface area contributed by atoms with Crippen LogP contribution in [0.2, 0.25) is 0 Å². The number of aromatic hydroxyl groups is 1. The summed E-state index contributed by atoms with van der Waals surface area (Å²) in [6, 6.07) is 21.0. The smallest absolute Gasteiger partial charge is 0.407 e. The van der Waals surface area contributed by atoms with Crippen molar-refractivity contribution in [3.8, 4) is 22.8 Å². The molecule has 0 aliphatic heterocycles. The van der Waals surface area contributed by atoms with Gasteiger partial charge in [-0.15, -0.1) is 11.8 Å². The van der Waals surface area contributed by atoms with Gasteiger partial charge in [0.1, 0.15) is 18.0 Å². The quantitative estimate of drug-likeness (QED) is 0.215. The number of rotatable bonds is 9. The van der Waals surface area contributed by atoms with Gasteiger partial charge in [0, 0.05) is 17.5 Å². The predicted octanol–water partition coefficient (Wildman–Crippen LogP) is 6.39. The number of benzene rings is 3. The third kappa shape index (κ3) is 5.48. The molecule has 0 aliphatic carbocycles. The molecule has 7 heteroatoms. The molecule has 176 valence electrons. The van der Waals surface area contributed by atoms with Gasteiger partial charge in [-0.25, -0.2) is 4.79 Å². The third-order valence-corrected chi connectivity index (χ3v) is 6.29. The molecule has 3 aromatic carbocycles. The highest BCUT2D eigenvalue weighted by Gasteiger charge is 2.17. The van der Waals surface area contributed by atoms with Gasteiger partial charge in [0.2, 0.25) is 0 Å². The van der Waals surface area contributed by atoms with Crippen LogP contribution in [-0.4, -0.2) is 31.1 Å². The number of methoxy groups -OCH3 is 1. The highest BCUT2D eigenvalue weighted by Crippen LogP contribution is 2.42. The van der Waals surface area contributed by atoms with Gasteiger partial charge in [-0.3, -0.25) is 0 Å². The van der Waals surface area contributed by atoms with Crippen molar-refractivity contribution < 1.29 is 23.8 Å². The topological polar surface area (TPSA) is 80.9 Å². The number of amides is 1. The first-order valence-corrected chi connectivity index (χ1v) is 12.2. The van der Waals surface area contributed by atoms with E-state index in [2.05, 4.69) is 11.4 Å². The van der Waals surface area contributed by atoms with E-state index in [0.717, 1.165) is 51.2 Å². The maximum atomic E-state index is 11.9. The van der Waals surface area contributed by atoms with Crippen LogP contribution in [0.4, 0.5) is 4.79 Å². The minimum atomic E-state index is -0.409. The number of aryl methyl sites for hydroxylation is 1. The molecular weight excluding hydrogens is 450 g/mol. The highest BCUT2D eigenvalue weighted by molar-refractivity contribution is 7.99. The molecule has 0 bridgehead atoms. The zero-order chi connectivity index (χ0) is 23.9. The second-order valence-electron chi connectivity index (χ2n) is 7.77. The maximum Gasteiger partial charge on any atom is 0.407 e. The lowest BCUT2D eigenvalue weighted by Crippen LogP contribution is -2.25. The van der Waals surface area contributed by atoms with Crippen LogP contribution in [0.1, 0.15) is 17.5 Å². The van der Waals surface area contributed by atoms with Crippen molar-refractivity contribution in [1.29, 1.82) is 0 Å². The largest absolute Gasteiger partial charge is 0.504 e. The lowest BCUT2D eigenvalue weighted by atomic mass is 10.1. The molecule has 0 saturated heterocycles. The van der Waals surface area contributed by atoms with E-state index in [-0.39, 0.29) is 12.4 Å². The Morgan fingerprint density at radius 1 is 1.06 bits per heavy atom. The lowest BCUT2D eigenvalue weighted by Gasteiger charge is -2.07. The monoisotopic (exact) mass is 477 g/mol. The fraction of sp³-hybridized carbons (Fsp3) is 0.222. The minimum absolute atomic E-state index is 0.0907. The molecule has 34 heavy (non-hydrogen) atoms. The maximum absolute atomic E-state index is 11.9. The van der Waals surface area contributed by atoms with Crippen LogP contribution in [0.25, 0.3) is 22.3 Å². The van der Waals surface area contributed by atoms with Crippen LogP contribution in [-0.2, 0) is 17.8 Å². The molecule has 4 aromatic rings. The molecule has 0 radical (unpaired) electrons. The Kier molecular flexibility index (Phi) is 7.65. The number of phenols is 1. The second-order valence-corrected chi connectivity index (χ2v) is 8.59. The van der Waals surface area contributed by atoms with Gasteiger partial charge >= 0.3 is 6.09 Å². The second kappa shape index (κ2) is 11.0. The average molecular weight is 478 g/mol. The van der Waals surface area contributed by atoms with Crippen molar-refractivity contribution in [3.63, 3.8) is 0 Å². The van der Waals surface area contributed by atoms with Crippen LogP contribution in [0.15, 0.2) is 76.0 Å². The molecule has 0 atom stereocenters. The molecule has 0 unspecified atom stereocenters. The molecule has 6 nitrogen and oxygen atoms in total. The van der Waals surface area contributed by atoms with Crippen molar-refractivity contribution >= 4 is 28.8 Å². The van der Waals surface area contributed by atoms with Crippen molar-refractivity contribution in [3.05, 3.63) is 77.9 Å². The number of thioether (sulfide) groups is 1. The number of fused-ring (bicyclic) bond motifs is 1. The minimum Gasteiger partial charge on any atom is -0.504 e. The normalized spacial score (nSPS) is 10.9. The number of ether oxygens (including phenoxy) is 2. The van der Waals surface area contributed by atoms with E-state index in [1.54, 1.807) is 23.9 Å². The standard InChI is InChI=1S/C27H27NO5S/c1-31-24-16-20(11-12-22(24)29)25-26(34-2)21-15-18(10-13-23(21)33-25)9-6-14-28-27(30)32-17-19-7-4-3-5-8-19/h3-5,7-8,10-13,15-16,29H,6,9,14,17H2,1-2H3,(H,28,30). The van der Waals surface area contributed by atoms with E-state index in [9.17, 15) is 9.90 Å². The highest BCUT2D eigenvalue weighted by atomic mass is 32.2. The zero-order valence-electron chi connectivity index (χ0n) is 19.2. The summed E-state index contributed by atoms with van der Waals surface area (Å²) in [5.74, 6) is 1.24. The third-order valence-electron chi connectivity index (χ3n) is 5.48. The van der Waals surface area contributed by atoms with Gasteiger partial charge in [0.05, 0.1) is 12.0 Å². The number of hydrogen-bond acceptors (Lipinski definition) is 6. The lowest BCUT2D eigenvalue weighted by molar-refractivity contribution is 0.139. The molecule has 0 fully saturated rings. The van der Waals surface area contributed by atoms with E-state index in [0.29, 0.717) is 12.3 Å². The number of carbonyl (C=O) groups is 1. The van der Waals surface area contributed by atoms with E-state index in [4.69, 9.17) is 13.9 Å². The van der Waals surface area contributed by atoms with Gasteiger partial charge in [0.25, 0.3) is 0 Å². The summed E-state index contributed by atoms with van der Waals surface area (Å²) in [5.41, 5.74) is 3.77. The Bertz CT molecular complexity index is 1270. The van der Waals surface area contributed by atoms with Crippen LogP contribution in [0.3, 0.4) is 0 Å². The van der Waals surface area contributed by atoms with Gasteiger partial charge in [-0.1, -0.05) is 36.4 Å². The fourth-order valence-electron chi connectivity index (χ4n) is 3.75. The summed E-state index contributed by atoms with van der Waals surface area (Å²) < 4.78 is 16.7. The Labute approximate surface area is 202 Å². The van der Waals surface area contributed by atoms with Crippen LogP contribution < -0.4 is 10.1 Å². The fourth-order valence-corrected chi connectivity index (χ4v) is 4.47. The molecule has 1 heterocycles. The zero-order valence-corrected chi connectivity index (χ0v) is 20.0. The first-order valence-electron chi connectivity index (χ1n) is 11.0. The summed E-state index contributed by atoms with van der Waals surface area (Å²) in [6.07, 6.45) is 3.22. The van der Waals surface area contributed by atoms with Crippen LogP contribution in [0.5, 0.6) is 11.5 Å². The first kappa shape index (κ1) is 23.6. The Morgan fingerprint density at radius 3 is 2.65 bits per heavy atom. The molecule has 1 aromatic heterocycles. The van der Waals surface area contributed by atoms with Crippen molar-refractivity contribution in [2.45, 2.75) is 24.3 Å². The first-order chi connectivity index (χ1) is 16.6. The summed E-state index contributed by atoms with van der Waals surface area (Å²) in [6.45, 7) is 0.793. The number of carbonyl (C=O) groups excluding carboxylic acids is 1. The molecule has 0 spiro atoms. The van der Waals surface area contributed by atoms with Crippen molar-refractivity contribution in [2.75, 3.05) is 19.9 Å². The van der Waals surface area contributed by atoms with Crippen molar-refractivity contribution in [1.82, 2.24) is 5.32 Å². The van der Waals surface area contributed by atoms with Gasteiger partial charge < -0.3 is 24.3 Å². The Balaban J connectivity index is 1.38. The number of hydrogen-bond donors (Lipinski definition) is 2. The number of phenolic OH excluding ortho intramolecular Hbond substituents is 1. The molecule has 0 aliphatic rings. The summed E-state index contributed by atoms with van der Waals surface area (Å²) in [7, 11) is 1.52. The van der Waals surface area contributed by atoms with E-state index < -0.39 is 6.09 Å². The van der Waals surface area contributed by atoms with Gasteiger partial charge in [-0.2, -0.15) is 0 Å². The summed E-state index contributed by atoms with van der Waals surface area (Å²) in [5, 5.41) is 13.8. The average Bonchev–Trinajstić information content (AvgIpc) is 3.24. The Morgan fingerprint density at radius 2 is 1.88 bits per heavy atom. The van der Waals surface area contributed by atoms with Crippen LogP contribution >= 0.6 is 11.8 Å². The number of nitrogens with one attached hydrogen (secondary N) is 1. The molecule has 1 amide bonds. The number of furan rings is 1. The molecule has 4 rings (SSSR count). The SMILES string of the molecule is COc1cc(-c2oc3ccc(CCCNC(=O)OCc4ccccc4)cc3c2SC)ccc1O. The van der Waals surface area contributed by atoms with E-state index in [1.165, 1.54) is 7.11 Å². The van der Waals surface area contributed by atoms with E-state index >= 15 is 0 Å². The molecule has 0 saturated carbocycles. The van der Waals surface area contributed by atoms with Gasteiger partial charge in [-0.05, 0) is 60.6 Å². The molecular formula is C27H27NO5S. The van der Waals surface area contributed by atoms with Crippen molar-refractivity contribution in [2.24, 2.45) is 0 Å². The summed E-state index contributed by atoms with van der Waals surface area (Å²) in [4.78, 5) is 13.0. The van der Waals surface area contributed by atoms with E-state index in [1.807, 2.05) is 54.8 Å². The van der Waals surface area contributed by atoms with Crippen LogP contribution in [0, 0.1) is 0 Å². The predicted molar refractivity (Wildman–Crippen MR) is 135 cm³/mol. The number of alkyl carbamates (subject to hydrolysis) is 1. The molecule has 2 N–H and O–H groups in total.